The van der Waals surface area contributed by atoms with Gasteiger partial charge >= 0.3 is 0 Å². The second-order valence-corrected chi connectivity index (χ2v) is 5.30. The van der Waals surface area contributed by atoms with E-state index in [1.54, 1.807) is 19.4 Å². The van der Waals surface area contributed by atoms with Crippen LogP contribution in [-0.4, -0.2) is 37.7 Å². The summed E-state index contributed by atoms with van der Waals surface area (Å²) in [6.45, 7) is 1.17. The fourth-order valence-electron chi connectivity index (χ4n) is 1.31. The molecule has 0 fully saturated rings. The van der Waals surface area contributed by atoms with Crippen molar-refractivity contribution in [1.29, 1.82) is 0 Å². The van der Waals surface area contributed by atoms with Crippen LogP contribution in [0.2, 0.25) is 5.02 Å². The number of ether oxygens (including phenoxy) is 1. The molecule has 0 saturated heterocycles. The Balaban J connectivity index is 2.69. The van der Waals surface area contributed by atoms with Gasteiger partial charge in [0.05, 0.1) is 21.5 Å². The Morgan fingerprint density at radius 1 is 1.62 bits per heavy atom. The molecule has 0 bridgehead atoms. The number of rotatable bonds is 5. The molecule has 1 unspecified atom stereocenters. The van der Waals surface area contributed by atoms with Gasteiger partial charge in [0.25, 0.3) is 0 Å². The minimum atomic E-state index is -0.0700. The number of pyridine rings is 1. The molecular weight excluding hydrogens is 315 g/mol. The lowest BCUT2D eigenvalue weighted by atomic mass is 10.3. The lowest BCUT2D eigenvalue weighted by Gasteiger charge is -2.22. The normalized spacial score (nSPS) is 12.6. The molecule has 0 aliphatic heterocycles. The number of methoxy groups -OCH3 is 1. The summed E-state index contributed by atoms with van der Waals surface area (Å²) in [6, 6.07) is 1.81. The molecule has 6 heteroatoms. The van der Waals surface area contributed by atoms with E-state index in [4.69, 9.17) is 27.9 Å². The maximum atomic E-state index is 6.07. The van der Waals surface area contributed by atoms with Crippen LogP contribution in [0.4, 0.5) is 5.82 Å². The van der Waals surface area contributed by atoms with Gasteiger partial charge in [-0.15, -0.1) is 11.6 Å². The number of halogens is 3. The van der Waals surface area contributed by atoms with E-state index in [1.165, 1.54) is 0 Å². The molecule has 0 N–H and O–H groups in total. The second kappa shape index (κ2) is 6.64. The monoisotopic (exact) mass is 326 g/mol. The van der Waals surface area contributed by atoms with E-state index in [-0.39, 0.29) is 5.38 Å². The minimum Gasteiger partial charge on any atom is -0.383 e. The average molecular weight is 328 g/mol. The lowest BCUT2D eigenvalue weighted by Crippen LogP contribution is -2.29. The molecule has 16 heavy (non-hydrogen) atoms. The number of nitrogens with zero attached hydrogens (tertiary/aromatic N) is 2. The van der Waals surface area contributed by atoms with E-state index in [0.717, 1.165) is 10.3 Å². The highest BCUT2D eigenvalue weighted by atomic mass is 79.9. The molecule has 0 saturated carbocycles. The zero-order chi connectivity index (χ0) is 12.1. The van der Waals surface area contributed by atoms with E-state index in [2.05, 4.69) is 20.9 Å². The van der Waals surface area contributed by atoms with Gasteiger partial charge in [-0.2, -0.15) is 0 Å². The van der Waals surface area contributed by atoms with Crippen LogP contribution in [0.3, 0.4) is 0 Å². The SMILES string of the molecule is COCC(Cl)CN(C)c1ncc(Cl)cc1Br. The molecule has 0 spiro atoms. The van der Waals surface area contributed by atoms with Crippen molar-refractivity contribution in [3.63, 3.8) is 0 Å². The van der Waals surface area contributed by atoms with Gasteiger partial charge in [-0.05, 0) is 22.0 Å². The fraction of sp³-hybridized carbons (Fsp3) is 0.500. The van der Waals surface area contributed by atoms with Gasteiger partial charge in [0.2, 0.25) is 0 Å². The summed E-state index contributed by atoms with van der Waals surface area (Å²) in [5, 5.41) is 0.530. The molecule has 1 heterocycles. The molecular formula is C10H13BrCl2N2O. The maximum Gasteiger partial charge on any atom is 0.142 e. The maximum absolute atomic E-state index is 6.07. The first-order valence-electron chi connectivity index (χ1n) is 4.69. The van der Waals surface area contributed by atoms with Crippen molar-refractivity contribution in [2.75, 3.05) is 32.2 Å². The fourth-order valence-corrected chi connectivity index (χ4v) is 2.58. The van der Waals surface area contributed by atoms with Crippen molar-refractivity contribution in [2.45, 2.75) is 5.38 Å². The number of anilines is 1. The summed E-state index contributed by atoms with van der Waals surface area (Å²) in [6.07, 6.45) is 1.61. The highest BCUT2D eigenvalue weighted by molar-refractivity contribution is 9.10. The van der Waals surface area contributed by atoms with Crippen LogP contribution in [0, 0.1) is 0 Å². The van der Waals surface area contributed by atoms with Gasteiger partial charge < -0.3 is 9.64 Å². The van der Waals surface area contributed by atoms with E-state index in [1.807, 2.05) is 11.9 Å². The summed E-state index contributed by atoms with van der Waals surface area (Å²) in [4.78, 5) is 6.19. The Kier molecular flexibility index (Phi) is 5.83. The molecule has 1 aromatic heterocycles. The van der Waals surface area contributed by atoms with Crippen molar-refractivity contribution in [3.8, 4) is 0 Å². The molecule has 0 aromatic carbocycles. The number of hydrogen-bond acceptors (Lipinski definition) is 3. The van der Waals surface area contributed by atoms with E-state index in [0.29, 0.717) is 18.2 Å². The molecule has 0 aliphatic carbocycles. The van der Waals surface area contributed by atoms with Crippen LogP contribution >= 0.6 is 39.1 Å². The Hall–Kier alpha value is -0.0300. The van der Waals surface area contributed by atoms with Crippen LogP contribution in [-0.2, 0) is 4.74 Å². The molecule has 1 rings (SSSR count). The smallest absolute Gasteiger partial charge is 0.142 e. The van der Waals surface area contributed by atoms with Gasteiger partial charge in [-0.25, -0.2) is 4.98 Å². The third kappa shape index (κ3) is 4.09. The van der Waals surface area contributed by atoms with Gasteiger partial charge in [-0.1, -0.05) is 11.6 Å². The molecule has 0 radical (unpaired) electrons. The topological polar surface area (TPSA) is 25.4 Å². The highest BCUT2D eigenvalue weighted by Gasteiger charge is 2.12. The van der Waals surface area contributed by atoms with Crippen molar-refractivity contribution in [2.24, 2.45) is 0 Å². The molecule has 1 atom stereocenters. The first-order chi connectivity index (χ1) is 7.54. The van der Waals surface area contributed by atoms with Gasteiger partial charge in [0.1, 0.15) is 5.82 Å². The van der Waals surface area contributed by atoms with Gasteiger partial charge in [0.15, 0.2) is 0 Å². The molecule has 0 amide bonds. The molecule has 0 aliphatic rings. The molecule has 3 nitrogen and oxygen atoms in total. The van der Waals surface area contributed by atoms with E-state index in [9.17, 15) is 0 Å². The number of aromatic nitrogens is 1. The van der Waals surface area contributed by atoms with Crippen LogP contribution in [0.1, 0.15) is 0 Å². The van der Waals surface area contributed by atoms with Crippen LogP contribution in [0.15, 0.2) is 16.7 Å². The zero-order valence-corrected chi connectivity index (χ0v) is 12.2. The standard InChI is InChI=1S/C10H13BrCl2N2O/c1-15(5-8(13)6-16-2)10-9(11)3-7(12)4-14-10/h3-4,8H,5-6H2,1-2H3. The van der Waals surface area contributed by atoms with Crippen molar-refractivity contribution < 1.29 is 4.74 Å². The molecule has 90 valence electrons. The third-order valence-electron chi connectivity index (χ3n) is 1.97. The largest absolute Gasteiger partial charge is 0.383 e. The summed E-state index contributed by atoms with van der Waals surface area (Å²) in [7, 11) is 3.55. The first-order valence-corrected chi connectivity index (χ1v) is 6.30. The number of hydrogen-bond donors (Lipinski definition) is 0. The second-order valence-electron chi connectivity index (χ2n) is 3.39. The number of alkyl halides is 1. The van der Waals surface area contributed by atoms with E-state index >= 15 is 0 Å². The quantitative estimate of drug-likeness (QED) is 0.777. The van der Waals surface area contributed by atoms with Crippen LogP contribution in [0.25, 0.3) is 0 Å². The predicted molar refractivity (Wildman–Crippen MR) is 71.7 cm³/mol. The Morgan fingerprint density at radius 2 is 2.31 bits per heavy atom. The van der Waals surface area contributed by atoms with E-state index < -0.39 is 0 Å². The predicted octanol–water partition coefficient (Wildman–Crippen LogP) is 3.19. The van der Waals surface area contributed by atoms with Crippen molar-refractivity contribution in [3.05, 3.63) is 21.8 Å². The highest BCUT2D eigenvalue weighted by Crippen LogP contribution is 2.26. The lowest BCUT2D eigenvalue weighted by molar-refractivity contribution is 0.199. The summed E-state index contributed by atoms with van der Waals surface area (Å²) in [5.74, 6) is 0.811. The van der Waals surface area contributed by atoms with Gasteiger partial charge in [0, 0.05) is 26.9 Å². The Bertz CT molecular complexity index is 352. The summed E-state index contributed by atoms with van der Waals surface area (Å²) < 4.78 is 5.83. The third-order valence-corrected chi connectivity index (χ3v) is 3.02. The van der Waals surface area contributed by atoms with Gasteiger partial charge in [-0.3, -0.25) is 0 Å². The first kappa shape index (κ1) is 14.0. The Morgan fingerprint density at radius 3 is 2.88 bits per heavy atom. The summed E-state index contributed by atoms with van der Waals surface area (Å²) in [5.41, 5.74) is 0. The van der Waals surface area contributed by atoms with Crippen LogP contribution < -0.4 is 4.90 Å². The Labute approximate surface area is 114 Å². The minimum absolute atomic E-state index is 0.0700. The summed E-state index contributed by atoms with van der Waals surface area (Å²) >= 11 is 15.3. The van der Waals surface area contributed by atoms with Crippen molar-refractivity contribution in [1.82, 2.24) is 4.98 Å². The average Bonchev–Trinajstić information content (AvgIpc) is 2.17. The van der Waals surface area contributed by atoms with Crippen LogP contribution in [0.5, 0.6) is 0 Å². The zero-order valence-electron chi connectivity index (χ0n) is 9.08. The molecule has 1 aromatic rings. The van der Waals surface area contributed by atoms with Crippen molar-refractivity contribution >= 4 is 44.9 Å².